The number of benzene rings is 1. The fourth-order valence-electron chi connectivity index (χ4n) is 8.00. The van der Waals surface area contributed by atoms with E-state index in [1.165, 1.54) is 64.0 Å². The molecule has 3 fully saturated rings. The van der Waals surface area contributed by atoms with Gasteiger partial charge in [0.1, 0.15) is 5.75 Å². The summed E-state index contributed by atoms with van der Waals surface area (Å²) >= 11 is 0. The van der Waals surface area contributed by atoms with Gasteiger partial charge in [-0.25, -0.2) is 0 Å². The molecule has 0 spiro atoms. The molecule has 3 aliphatic carbocycles. The summed E-state index contributed by atoms with van der Waals surface area (Å²) in [6.45, 7) is 10.3. The van der Waals surface area contributed by atoms with E-state index in [9.17, 15) is 14.4 Å². The van der Waals surface area contributed by atoms with E-state index in [4.69, 9.17) is 23.7 Å². The molecule has 1 heterocycles. The molecule has 0 amide bonds. The summed E-state index contributed by atoms with van der Waals surface area (Å²) in [6.07, 6.45) is 5.18. The van der Waals surface area contributed by atoms with Gasteiger partial charge in [-0.3, -0.25) is 14.4 Å². The number of aryl methyl sites for hydroxylation is 1. The first-order valence-corrected chi connectivity index (χ1v) is 14.2. The number of hydrogen-bond acceptors (Lipinski definition) is 8. The highest BCUT2D eigenvalue weighted by Crippen LogP contribution is 2.63. The van der Waals surface area contributed by atoms with Crippen LogP contribution < -0.4 is 4.74 Å². The molecule has 5 rings (SSSR count). The lowest BCUT2D eigenvalue weighted by Crippen LogP contribution is -2.59. The first-order chi connectivity index (χ1) is 18.6. The molecular weight excluding hydrogens is 500 g/mol. The molecular formula is C31H40O8. The molecule has 1 saturated heterocycles. The molecule has 0 radical (unpaired) electrons. The smallest absolute Gasteiger partial charge is 0.303 e. The Morgan fingerprint density at radius 2 is 1.69 bits per heavy atom. The summed E-state index contributed by atoms with van der Waals surface area (Å²) in [7, 11) is 0. The number of ether oxygens (including phenoxy) is 5. The zero-order valence-electron chi connectivity index (χ0n) is 23.4. The van der Waals surface area contributed by atoms with Gasteiger partial charge in [0.15, 0.2) is 12.2 Å². The summed E-state index contributed by atoms with van der Waals surface area (Å²) in [6, 6.07) is 6.19. The number of esters is 3. The van der Waals surface area contributed by atoms with E-state index in [0.29, 0.717) is 28.9 Å². The highest BCUT2D eigenvalue weighted by molar-refractivity contribution is 5.68. The second-order valence-corrected chi connectivity index (χ2v) is 11.9. The monoisotopic (exact) mass is 540 g/mol. The molecule has 0 N–H and O–H groups in total. The largest absolute Gasteiger partial charge is 0.461 e. The number of rotatable bonds is 6. The maximum absolute atomic E-state index is 11.9. The fourth-order valence-corrected chi connectivity index (χ4v) is 8.00. The van der Waals surface area contributed by atoms with Crippen LogP contribution in [0.25, 0.3) is 0 Å². The van der Waals surface area contributed by atoms with Gasteiger partial charge in [0, 0.05) is 20.8 Å². The average Bonchev–Trinajstić information content (AvgIpc) is 3.22. The Morgan fingerprint density at radius 3 is 2.38 bits per heavy atom. The first kappa shape index (κ1) is 27.7. The van der Waals surface area contributed by atoms with Crippen LogP contribution >= 0.6 is 0 Å². The van der Waals surface area contributed by atoms with Crippen molar-refractivity contribution in [2.24, 2.45) is 23.2 Å². The second-order valence-electron chi connectivity index (χ2n) is 11.9. The van der Waals surface area contributed by atoms with E-state index in [-0.39, 0.29) is 6.61 Å². The maximum atomic E-state index is 11.9. The van der Waals surface area contributed by atoms with Crippen LogP contribution in [0.2, 0.25) is 0 Å². The van der Waals surface area contributed by atoms with Crippen molar-refractivity contribution < 1.29 is 38.1 Å². The Labute approximate surface area is 230 Å². The van der Waals surface area contributed by atoms with Gasteiger partial charge in [-0.05, 0) is 90.9 Å². The second kappa shape index (κ2) is 11.0. The number of carbonyl (C=O) groups excluding carboxylic acids is 3. The molecule has 1 aromatic rings. The standard InChI is InChI=1S/C31H40O8/c1-6-21-8-12-26-25-10-7-20-15-22(9-11-23(20)24(25)13-14-31(21,26)5)39-30-29(38-19(4)34)28(37-18(3)33)27(16-35-30)36-17(2)32/h6,9,11,15,21,24-30H,1,7-8,10,12-14,16H2,2-5H3/t21-,24+,25+,26-,27+,28+,29-,30-,31+/m0/s1. The minimum atomic E-state index is -1.11. The van der Waals surface area contributed by atoms with Crippen LogP contribution in [-0.2, 0) is 39.8 Å². The molecule has 2 saturated carbocycles. The number of allylic oxidation sites excluding steroid dienone is 1. The minimum Gasteiger partial charge on any atom is -0.461 e. The molecule has 39 heavy (non-hydrogen) atoms. The zero-order valence-corrected chi connectivity index (χ0v) is 23.4. The predicted octanol–water partition coefficient (Wildman–Crippen LogP) is 4.88. The van der Waals surface area contributed by atoms with Crippen molar-refractivity contribution in [1.82, 2.24) is 0 Å². The van der Waals surface area contributed by atoms with E-state index in [2.05, 4.69) is 31.7 Å². The van der Waals surface area contributed by atoms with Crippen LogP contribution in [0.1, 0.15) is 76.8 Å². The van der Waals surface area contributed by atoms with Crippen molar-refractivity contribution in [3.05, 3.63) is 42.0 Å². The number of carbonyl (C=O) groups is 3. The van der Waals surface area contributed by atoms with Gasteiger partial charge in [0.2, 0.25) is 12.4 Å². The van der Waals surface area contributed by atoms with Crippen molar-refractivity contribution in [1.29, 1.82) is 0 Å². The molecule has 4 aliphatic rings. The number of hydrogen-bond donors (Lipinski definition) is 0. The minimum absolute atomic E-state index is 0.0689. The molecule has 0 unspecified atom stereocenters. The fraction of sp³-hybridized carbons (Fsp3) is 0.645. The molecule has 1 aliphatic heterocycles. The maximum Gasteiger partial charge on any atom is 0.303 e. The van der Waals surface area contributed by atoms with Gasteiger partial charge in [-0.2, -0.15) is 0 Å². The van der Waals surface area contributed by atoms with E-state index < -0.39 is 42.5 Å². The lowest BCUT2D eigenvalue weighted by Gasteiger charge is -2.50. The Balaban J connectivity index is 1.35. The van der Waals surface area contributed by atoms with Crippen molar-refractivity contribution in [3.63, 3.8) is 0 Å². The van der Waals surface area contributed by atoms with Crippen molar-refractivity contribution >= 4 is 17.9 Å². The highest BCUT2D eigenvalue weighted by Gasteiger charge is 2.54. The van der Waals surface area contributed by atoms with Crippen molar-refractivity contribution in [2.45, 2.75) is 96.7 Å². The van der Waals surface area contributed by atoms with Crippen LogP contribution in [0.5, 0.6) is 5.75 Å². The summed E-state index contributed by atoms with van der Waals surface area (Å²) < 4.78 is 28.3. The average molecular weight is 541 g/mol. The van der Waals surface area contributed by atoms with Gasteiger partial charge in [-0.1, -0.05) is 19.1 Å². The SMILES string of the molecule is C=C[C@H]1CC[C@H]2[C@@H]3CCc4cc(O[C@@H]5OC[C@@H](OC(C)=O)[C@@H](OC(C)=O)[C@@H]5OC(C)=O)ccc4[C@H]3CC[C@]12C. The van der Waals surface area contributed by atoms with Gasteiger partial charge in [0.25, 0.3) is 0 Å². The zero-order chi connectivity index (χ0) is 27.9. The molecule has 212 valence electrons. The van der Waals surface area contributed by atoms with E-state index >= 15 is 0 Å². The van der Waals surface area contributed by atoms with Crippen molar-refractivity contribution in [2.75, 3.05) is 6.61 Å². The van der Waals surface area contributed by atoms with Gasteiger partial charge in [0.05, 0.1) is 6.61 Å². The topological polar surface area (TPSA) is 97.4 Å². The Hall–Kier alpha value is -2.87. The van der Waals surface area contributed by atoms with E-state index in [1.54, 1.807) is 0 Å². The summed E-state index contributed by atoms with van der Waals surface area (Å²) in [5.41, 5.74) is 3.07. The third kappa shape index (κ3) is 5.32. The molecule has 1 aromatic carbocycles. The van der Waals surface area contributed by atoms with Gasteiger partial charge in [-0.15, -0.1) is 6.58 Å². The lowest BCUT2D eigenvalue weighted by molar-refractivity contribution is -0.259. The van der Waals surface area contributed by atoms with Gasteiger partial charge < -0.3 is 23.7 Å². The predicted molar refractivity (Wildman–Crippen MR) is 142 cm³/mol. The van der Waals surface area contributed by atoms with Crippen LogP contribution in [0.15, 0.2) is 30.9 Å². The molecule has 8 heteroatoms. The highest BCUT2D eigenvalue weighted by atomic mass is 16.7. The van der Waals surface area contributed by atoms with Crippen LogP contribution in [0.4, 0.5) is 0 Å². The molecule has 0 aromatic heterocycles. The van der Waals surface area contributed by atoms with Gasteiger partial charge >= 0.3 is 17.9 Å². The lowest BCUT2D eigenvalue weighted by atomic mass is 9.54. The van der Waals surface area contributed by atoms with Crippen LogP contribution in [0, 0.1) is 23.2 Å². The van der Waals surface area contributed by atoms with Crippen LogP contribution in [-0.4, -0.2) is 49.1 Å². The third-order valence-electron chi connectivity index (χ3n) is 9.61. The third-order valence-corrected chi connectivity index (χ3v) is 9.61. The Kier molecular flexibility index (Phi) is 7.77. The molecule has 0 bridgehead atoms. The molecule has 8 nitrogen and oxygen atoms in total. The van der Waals surface area contributed by atoms with Crippen molar-refractivity contribution in [3.8, 4) is 5.75 Å². The Bertz CT molecular complexity index is 1130. The Morgan fingerprint density at radius 1 is 0.974 bits per heavy atom. The first-order valence-electron chi connectivity index (χ1n) is 14.2. The summed E-state index contributed by atoms with van der Waals surface area (Å²) in [5, 5.41) is 0. The normalized spacial score (nSPS) is 36.9. The quantitative estimate of drug-likeness (QED) is 0.286. The van der Waals surface area contributed by atoms with Crippen LogP contribution in [0.3, 0.4) is 0 Å². The summed E-state index contributed by atoms with van der Waals surface area (Å²) in [4.78, 5) is 35.4. The van der Waals surface area contributed by atoms with E-state index in [1.807, 2.05) is 6.07 Å². The number of fused-ring (bicyclic) bond motifs is 5. The summed E-state index contributed by atoms with van der Waals surface area (Å²) in [5.74, 6) is 1.47. The van der Waals surface area contributed by atoms with E-state index in [0.717, 1.165) is 12.3 Å². The molecule has 9 atom stereocenters.